The summed E-state index contributed by atoms with van der Waals surface area (Å²) < 4.78 is 1.69. The highest BCUT2D eigenvalue weighted by Crippen LogP contribution is 2.26. The smallest absolute Gasteiger partial charge is 0.272 e. The van der Waals surface area contributed by atoms with E-state index in [-0.39, 0.29) is 11.9 Å². The van der Waals surface area contributed by atoms with Crippen molar-refractivity contribution in [2.75, 3.05) is 6.54 Å². The van der Waals surface area contributed by atoms with Crippen LogP contribution >= 0.6 is 0 Å². The van der Waals surface area contributed by atoms with Crippen LogP contribution in [-0.2, 0) is 13.5 Å². The standard InChI is InChI=1S/C22H31N3O2/c1-3-10-18-15-20(24(2)23-18)22(27)25(19-13-8-5-9-14-19)16-21(26)17-11-6-4-7-12-17/h4,6-7,11-12,15,19,21,26H,3,5,8-10,13-14,16H2,1-2H3/t21-/m0/s1. The van der Waals surface area contributed by atoms with Gasteiger partial charge in [0.15, 0.2) is 0 Å². The first-order chi connectivity index (χ1) is 13.1. The minimum absolute atomic E-state index is 0.0192. The second-order valence-electron chi connectivity index (χ2n) is 7.57. The number of carbonyl (C=O) groups is 1. The summed E-state index contributed by atoms with van der Waals surface area (Å²) in [6.07, 6.45) is 6.72. The van der Waals surface area contributed by atoms with Gasteiger partial charge in [0.25, 0.3) is 5.91 Å². The van der Waals surface area contributed by atoms with Crippen molar-refractivity contribution in [3.8, 4) is 0 Å². The summed E-state index contributed by atoms with van der Waals surface area (Å²) >= 11 is 0. The Kier molecular flexibility index (Phi) is 6.67. The molecule has 0 unspecified atom stereocenters. The summed E-state index contributed by atoms with van der Waals surface area (Å²) in [6, 6.07) is 11.7. The molecule has 0 spiro atoms. The van der Waals surface area contributed by atoms with Gasteiger partial charge in [-0.15, -0.1) is 0 Å². The summed E-state index contributed by atoms with van der Waals surface area (Å²) in [7, 11) is 1.83. The molecule has 146 valence electrons. The maximum absolute atomic E-state index is 13.4. The largest absolute Gasteiger partial charge is 0.387 e. The van der Waals surface area contributed by atoms with Gasteiger partial charge in [-0.1, -0.05) is 62.9 Å². The van der Waals surface area contributed by atoms with Crippen LogP contribution in [0.15, 0.2) is 36.4 Å². The number of benzene rings is 1. The third-order valence-corrected chi connectivity index (χ3v) is 5.49. The quantitative estimate of drug-likeness (QED) is 0.806. The number of carbonyl (C=O) groups excluding carboxylic acids is 1. The monoisotopic (exact) mass is 369 g/mol. The van der Waals surface area contributed by atoms with Crippen molar-refractivity contribution in [1.82, 2.24) is 14.7 Å². The molecular weight excluding hydrogens is 338 g/mol. The Balaban J connectivity index is 1.83. The molecule has 0 radical (unpaired) electrons. The van der Waals surface area contributed by atoms with Crippen molar-refractivity contribution in [2.24, 2.45) is 7.05 Å². The van der Waals surface area contributed by atoms with Crippen molar-refractivity contribution in [3.05, 3.63) is 53.3 Å². The Morgan fingerprint density at radius 3 is 2.63 bits per heavy atom. The fourth-order valence-corrected chi connectivity index (χ4v) is 4.01. The topological polar surface area (TPSA) is 58.4 Å². The first-order valence-corrected chi connectivity index (χ1v) is 10.2. The number of hydrogen-bond acceptors (Lipinski definition) is 3. The number of amides is 1. The number of aromatic nitrogens is 2. The first kappa shape index (κ1) is 19.6. The van der Waals surface area contributed by atoms with Gasteiger partial charge in [-0.2, -0.15) is 5.10 Å². The fourth-order valence-electron chi connectivity index (χ4n) is 4.01. The van der Waals surface area contributed by atoms with E-state index in [0.717, 1.165) is 49.8 Å². The highest BCUT2D eigenvalue weighted by molar-refractivity contribution is 5.93. The second kappa shape index (κ2) is 9.18. The molecular formula is C22H31N3O2. The lowest BCUT2D eigenvalue weighted by molar-refractivity contribution is 0.0444. The molecule has 0 saturated heterocycles. The molecule has 1 aromatic carbocycles. The molecule has 1 N–H and O–H groups in total. The van der Waals surface area contributed by atoms with Gasteiger partial charge in [-0.3, -0.25) is 9.48 Å². The van der Waals surface area contributed by atoms with Crippen molar-refractivity contribution < 1.29 is 9.90 Å². The van der Waals surface area contributed by atoms with Crippen molar-refractivity contribution >= 4 is 5.91 Å². The number of rotatable bonds is 7. The Morgan fingerprint density at radius 2 is 1.96 bits per heavy atom. The van der Waals surface area contributed by atoms with E-state index in [4.69, 9.17) is 0 Å². The van der Waals surface area contributed by atoms with Gasteiger partial charge in [-0.05, 0) is 30.9 Å². The molecule has 2 aromatic rings. The lowest BCUT2D eigenvalue weighted by Gasteiger charge is -2.35. The Bertz CT molecular complexity index is 735. The molecule has 1 aliphatic carbocycles. The summed E-state index contributed by atoms with van der Waals surface area (Å²) in [5.41, 5.74) is 2.42. The van der Waals surface area contributed by atoms with Gasteiger partial charge in [0, 0.05) is 13.1 Å². The average molecular weight is 370 g/mol. The Morgan fingerprint density at radius 1 is 1.26 bits per heavy atom. The van der Waals surface area contributed by atoms with Crippen LogP contribution in [0.4, 0.5) is 0 Å². The second-order valence-corrected chi connectivity index (χ2v) is 7.57. The summed E-state index contributed by atoms with van der Waals surface area (Å²) in [5.74, 6) is -0.0192. The third-order valence-electron chi connectivity index (χ3n) is 5.49. The molecule has 1 amide bonds. The molecule has 1 fully saturated rings. The molecule has 1 saturated carbocycles. The zero-order chi connectivity index (χ0) is 19.2. The van der Waals surface area contributed by atoms with Crippen LogP contribution in [0.25, 0.3) is 0 Å². The van der Waals surface area contributed by atoms with Gasteiger partial charge in [0.05, 0.1) is 18.3 Å². The molecule has 5 nitrogen and oxygen atoms in total. The molecule has 3 rings (SSSR count). The summed E-state index contributed by atoms with van der Waals surface area (Å²) in [4.78, 5) is 15.3. The van der Waals surface area contributed by atoms with Crippen LogP contribution in [0.5, 0.6) is 0 Å². The van der Waals surface area contributed by atoms with E-state index >= 15 is 0 Å². The minimum atomic E-state index is -0.680. The van der Waals surface area contributed by atoms with E-state index in [9.17, 15) is 9.90 Å². The van der Waals surface area contributed by atoms with Crippen LogP contribution in [0.3, 0.4) is 0 Å². The van der Waals surface area contributed by atoms with Crippen LogP contribution < -0.4 is 0 Å². The number of aliphatic hydroxyl groups is 1. The highest BCUT2D eigenvalue weighted by atomic mass is 16.3. The van der Waals surface area contributed by atoms with E-state index in [1.165, 1.54) is 6.42 Å². The summed E-state index contributed by atoms with van der Waals surface area (Å²) in [5, 5.41) is 15.3. The van der Waals surface area contributed by atoms with E-state index in [1.807, 2.05) is 48.3 Å². The zero-order valence-electron chi connectivity index (χ0n) is 16.5. The van der Waals surface area contributed by atoms with Crippen LogP contribution in [-0.4, -0.2) is 38.3 Å². The van der Waals surface area contributed by atoms with Crippen molar-refractivity contribution in [1.29, 1.82) is 0 Å². The number of aliphatic hydroxyl groups excluding tert-OH is 1. The SMILES string of the molecule is CCCc1cc(C(=O)N(C[C@H](O)c2ccccc2)C2CCCCC2)n(C)n1. The zero-order valence-corrected chi connectivity index (χ0v) is 16.5. The molecule has 0 aliphatic heterocycles. The average Bonchev–Trinajstić information content (AvgIpc) is 3.07. The fraction of sp³-hybridized carbons (Fsp3) is 0.545. The predicted octanol–water partition coefficient (Wildman–Crippen LogP) is 3.88. The van der Waals surface area contributed by atoms with Crippen LogP contribution in [0, 0.1) is 0 Å². The molecule has 1 aliphatic rings. The van der Waals surface area contributed by atoms with Gasteiger partial charge < -0.3 is 10.0 Å². The van der Waals surface area contributed by atoms with Gasteiger partial charge in [-0.25, -0.2) is 0 Å². The van der Waals surface area contributed by atoms with Gasteiger partial charge >= 0.3 is 0 Å². The number of aryl methyl sites for hydroxylation is 2. The maximum atomic E-state index is 13.4. The summed E-state index contributed by atoms with van der Waals surface area (Å²) in [6.45, 7) is 2.43. The normalized spacial score (nSPS) is 16.3. The van der Waals surface area contributed by atoms with E-state index in [0.29, 0.717) is 12.2 Å². The van der Waals surface area contributed by atoms with Gasteiger partial charge in [0.2, 0.25) is 0 Å². The molecule has 0 bridgehead atoms. The molecule has 1 aromatic heterocycles. The Labute approximate surface area is 162 Å². The van der Waals surface area contributed by atoms with Crippen LogP contribution in [0.2, 0.25) is 0 Å². The van der Waals surface area contributed by atoms with Crippen molar-refractivity contribution in [2.45, 2.75) is 64.0 Å². The molecule has 5 heteroatoms. The molecule has 1 heterocycles. The molecule has 27 heavy (non-hydrogen) atoms. The lowest BCUT2D eigenvalue weighted by Crippen LogP contribution is -2.44. The highest BCUT2D eigenvalue weighted by Gasteiger charge is 2.30. The predicted molar refractivity (Wildman–Crippen MR) is 107 cm³/mol. The van der Waals surface area contributed by atoms with Crippen LogP contribution in [0.1, 0.15) is 73.3 Å². The van der Waals surface area contributed by atoms with E-state index < -0.39 is 6.10 Å². The maximum Gasteiger partial charge on any atom is 0.272 e. The minimum Gasteiger partial charge on any atom is -0.387 e. The number of nitrogens with zero attached hydrogens (tertiary/aromatic N) is 3. The Hall–Kier alpha value is -2.14. The van der Waals surface area contributed by atoms with E-state index in [1.54, 1.807) is 4.68 Å². The van der Waals surface area contributed by atoms with Crippen molar-refractivity contribution in [3.63, 3.8) is 0 Å². The number of hydrogen-bond donors (Lipinski definition) is 1. The first-order valence-electron chi connectivity index (χ1n) is 10.2. The lowest BCUT2D eigenvalue weighted by atomic mass is 9.93. The van der Waals surface area contributed by atoms with E-state index in [2.05, 4.69) is 12.0 Å². The van der Waals surface area contributed by atoms with Gasteiger partial charge in [0.1, 0.15) is 5.69 Å². The molecule has 1 atom stereocenters. The third kappa shape index (κ3) is 4.78.